The minimum Gasteiger partial charge on any atom is -0.381 e. The zero-order valence-corrected chi connectivity index (χ0v) is 13.6. The van der Waals surface area contributed by atoms with Crippen LogP contribution in [0.2, 0.25) is 0 Å². The Labute approximate surface area is 137 Å². The third kappa shape index (κ3) is 4.02. The molecular weight excluding hydrogens is 288 g/mol. The van der Waals surface area contributed by atoms with Crippen molar-refractivity contribution in [3.05, 3.63) is 54.4 Å². The molecule has 2 aromatic rings. The van der Waals surface area contributed by atoms with Gasteiger partial charge < -0.3 is 14.2 Å². The van der Waals surface area contributed by atoms with Crippen LogP contribution in [0.5, 0.6) is 0 Å². The molecule has 2 heterocycles. The SMILES string of the molecule is CN(CCC1CCOCC1)C(=O)c1ccc(-n2cccc2)cc1. The molecule has 0 unspecified atom stereocenters. The molecule has 1 saturated heterocycles. The van der Waals surface area contributed by atoms with Gasteiger partial charge in [0.2, 0.25) is 0 Å². The average molecular weight is 312 g/mol. The Balaban J connectivity index is 1.56. The van der Waals surface area contributed by atoms with Gasteiger partial charge in [-0.2, -0.15) is 0 Å². The Hall–Kier alpha value is -2.07. The van der Waals surface area contributed by atoms with Crippen LogP contribution in [0.3, 0.4) is 0 Å². The number of benzene rings is 1. The van der Waals surface area contributed by atoms with Crippen molar-refractivity contribution in [2.45, 2.75) is 19.3 Å². The van der Waals surface area contributed by atoms with Crippen LogP contribution in [-0.2, 0) is 4.74 Å². The van der Waals surface area contributed by atoms with E-state index in [4.69, 9.17) is 4.74 Å². The number of rotatable bonds is 5. The van der Waals surface area contributed by atoms with Gasteiger partial charge in [-0.3, -0.25) is 4.79 Å². The molecule has 23 heavy (non-hydrogen) atoms. The number of aromatic nitrogens is 1. The van der Waals surface area contributed by atoms with Crippen LogP contribution < -0.4 is 0 Å². The summed E-state index contributed by atoms with van der Waals surface area (Å²) in [6.45, 7) is 2.54. The van der Waals surface area contributed by atoms with Crippen molar-refractivity contribution in [1.29, 1.82) is 0 Å². The van der Waals surface area contributed by atoms with E-state index in [1.54, 1.807) is 0 Å². The first-order chi connectivity index (χ1) is 11.2. The molecule has 0 N–H and O–H groups in total. The average Bonchev–Trinajstić information content (AvgIpc) is 3.15. The highest BCUT2D eigenvalue weighted by atomic mass is 16.5. The quantitative estimate of drug-likeness (QED) is 0.848. The highest BCUT2D eigenvalue weighted by Gasteiger charge is 2.17. The van der Waals surface area contributed by atoms with Crippen LogP contribution in [0.1, 0.15) is 29.6 Å². The fourth-order valence-electron chi connectivity index (χ4n) is 3.02. The smallest absolute Gasteiger partial charge is 0.253 e. The molecule has 1 aliphatic heterocycles. The molecule has 1 fully saturated rings. The molecule has 0 atom stereocenters. The molecule has 1 aromatic heterocycles. The minimum absolute atomic E-state index is 0.0936. The maximum atomic E-state index is 12.5. The van der Waals surface area contributed by atoms with Gasteiger partial charge in [-0.1, -0.05) is 0 Å². The maximum absolute atomic E-state index is 12.5. The predicted octanol–water partition coefficient (Wildman–Crippen LogP) is 3.37. The third-order valence-corrected chi connectivity index (χ3v) is 4.58. The molecule has 1 aliphatic rings. The van der Waals surface area contributed by atoms with Crippen molar-refractivity contribution in [2.75, 3.05) is 26.8 Å². The maximum Gasteiger partial charge on any atom is 0.253 e. The first-order valence-corrected chi connectivity index (χ1v) is 8.30. The molecule has 122 valence electrons. The summed E-state index contributed by atoms with van der Waals surface area (Å²) in [6, 6.07) is 11.8. The summed E-state index contributed by atoms with van der Waals surface area (Å²) in [5, 5.41) is 0. The molecular formula is C19H24N2O2. The van der Waals surface area contributed by atoms with Gasteiger partial charge in [-0.25, -0.2) is 0 Å². The molecule has 0 spiro atoms. The lowest BCUT2D eigenvalue weighted by atomic mass is 9.96. The molecule has 0 radical (unpaired) electrons. The second kappa shape index (κ2) is 7.47. The van der Waals surface area contributed by atoms with Crippen molar-refractivity contribution in [3.63, 3.8) is 0 Å². The highest BCUT2D eigenvalue weighted by Crippen LogP contribution is 2.19. The van der Waals surface area contributed by atoms with Crippen LogP contribution in [0, 0.1) is 5.92 Å². The highest BCUT2D eigenvalue weighted by molar-refractivity contribution is 5.94. The number of hydrogen-bond acceptors (Lipinski definition) is 2. The molecule has 4 heteroatoms. The van der Waals surface area contributed by atoms with E-state index in [0.717, 1.165) is 50.3 Å². The van der Waals surface area contributed by atoms with E-state index in [1.165, 1.54) is 0 Å². The summed E-state index contributed by atoms with van der Waals surface area (Å²) in [5.41, 5.74) is 1.81. The van der Waals surface area contributed by atoms with Gasteiger partial charge in [-0.15, -0.1) is 0 Å². The van der Waals surface area contributed by atoms with Crippen molar-refractivity contribution >= 4 is 5.91 Å². The van der Waals surface area contributed by atoms with Gasteiger partial charge in [0.15, 0.2) is 0 Å². The largest absolute Gasteiger partial charge is 0.381 e. The number of hydrogen-bond donors (Lipinski definition) is 0. The number of nitrogens with zero attached hydrogens (tertiary/aromatic N) is 2. The van der Waals surface area contributed by atoms with Crippen molar-refractivity contribution in [2.24, 2.45) is 5.92 Å². The van der Waals surface area contributed by atoms with Gasteiger partial charge in [0.1, 0.15) is 0 Å². The lowest BCUT2D eigenvalue weighted by Gasteiger charge is -2.25. The number of amides is 1. The standard InChI is InChI=1S/C19H24N2O2/c1-20(13-8-16-9-14-23-15-10-16)19(22)17-4-6-18(7-5-17)21-11-2-3-12-21/h2-7,11-12,16H,8-10,13-15H2,1H3. The monoisotopic (exact) mass is 312 g/mol. The first-order valence-electron chi connectivity index (χ1n) is 8.30. The molecule has 0 bridgehead atoms. The Kier molecular flexibility index (Phi) is 5.13. The molecule has 3 rings (SSSR count). The van der Waals surface area contributed by atoms with E-state index in [9.17, 15) is 4.79 Å². The van der Waals surface area contributed by atoms with Gasteiger partial charge in [0.05, 0.1) is 0 Å². The van der Waals surface area contributed by atoms with Crippen LogP contribution in [-0.4, -0.2) is 42.2 Å². The third-order valence-electron chi connectivity index (χ3n) is 4.58. The number of carbonyl (C=O) groups is 1. The van der Waals surface area contributed by atoms with Gasteiger partial charge in [-0.05, 0) is 61.6 Å². The second-order valence-corrected chi connectivity index (χ2v) is 6.21. The van der Waals surface area contributed by atoms with Crippen LogP contribution in [0.15, 0.2) is 48.8 Å². The first kappa shape index (κ1) is 15.8. The zero-order valence-electron chi connectivity index (χ0n) is 13.6. The molecule has 4 nitrogen and oxygen atoms in total. The van der Waals surface area contributed by atoms with Crippen LogP contribution in [0.25, 0.3) is 5.69 Å². The van der Waals surface area contributed by atoms with Crippen molar-refractivity contribution in [1.82, 2.24) is 9.47 Å². The molecule has 0 saturated carbocycles. The van der Waals surface area contributed by atoms with Crippen molar-refractivity contribution in [3.8, 4) is 5.69 Å². The summed E-state index contributed by atoms with van der Waals surface area (Å²) in [4.78, 5) is 14.3. The lowest BCUT2D eigenvalue weighted by molar-refractivity contribution is 0.0583. The van der Waals surface area contributed by atoms with E-state index < -0.39 is 0 Å². The summed E-state index contributed by atoms with van der Waals surface area (Å²) in [6.07, 6.45) is 7.29. The topological polar surface area (TPSA) is 34.5 Å². The summed E-state index contributed by atoms with van der Waals surface area (Å²) in [5.74, 6) is 0.784. The van der Waals surface area contributed by atoms with E-state index in [0.29, 0.717) is 5.92 Å². The van der Waals surface area contributed by atoms with Crippen molar-refractivity contribution < 1.29 is 9.53 Å². The fraction of sp³-hybridized carbons (Fsp3) is 0.421. The summed E-state index contributed by atoms with van der Waals surface area (Å²) in [7, 11) is 1.89. The van der Waals surface area contributed by atoms with Crippen LogP contribution in [0.4, 0.5) is 0 Å². The fourth-order valence-corrected chi connectivity index (χ4v) is 3.02. The summed E-state index contributed by atoms with van der Waals surface area (Å²) < 4.78 is 7.41. The van der Waals surface area contributed by atoms with E-state index in [-0.39, 0.29) is 5.91 Å². The van der Waals surface area contributed by atoms with Gasteiger partial charge in [0, 0.05) is 50.5 Å². The zero-order chi connectivity index (χ0) is 16.1. The lowest BCUT2D eigenvalue weighted by Crippen LogP contribution is -2.30. The minimum atomic E-state index is 0.0936. The Morgan fingerprint density at radius 1 is 1.17 bits per heavy atom. The molecule has 1 amide bonds. The number of carbonyl (C=O) groups excluding carboxylic acids is 1. The molecule has 1 aromatic carbocycles. The normalized spacial score (nSPS) is 15.5. The second-order valence-electron chi connectivity index (χ2n) is 6.21. The van der Waals surface area contributed by atoms with Gasteiger partial charge in [0.25, 0.3) is 5.91 Å². The summed E-state index contributed by atoms with van der Waals surface area (Å²) >= 11 is 0. The number of ether oxygens (including phenoxy) is 1. The van der Waals surface area contributed by atoms with E-state index >= 15 is 0 Å². The van der Waals surface area contributed by atoms with E-state index in [1.807, 2.05) is 65.3 Å². The Morgan fingerprint density at radius 3 is 2.48 bits per heavy atom. The van der Waals surface area contributed by atoms with E-state index in [2.05, 4.69) is 0 Å². The Morgan fingerprint density at radius 2 is 1.83 bits per heavy atom. The van der Waals surface area contributed by atoms with Crippen LogP contribution >= 0.6 is 0 Å². The molecule has 0 aliphatic carbocycles. The predicted molar refractivity (Wildman–Crippen MR) is 90.9 cm³/mol. The Bertz CT molecular complexity index is 613. The van der Waals surface area contributed by atoms with Gasteiger partial charge >= 0.3 is 0 Å².